The van der Waals surface area contributed by atoms with Gasteiger partial charge in [-0.3, -0.25) is 4.79 Å². The van der Waals surface area contributed by atoms with Crippen molar-refractivity contribution in [2.75, 3.05) is 18.0 Å². The Hall–Kier alpha value is -1.38. The molecule has 1 aliphatic rings. The summed E-state index contributed by atoms with van der Waals surface area (Å²) in [5.41, 5.74) is 1.99. The van der Waals surface area contributed by atoms with E-state index in [1.165, 1.54) is 13.0 Å². The monoisotopic (exact) mass is 249 g/mol. The van der Waals surface area contributed by atoms with Crippen molar-refractivity contribution in [1.82, 2.24) is 0 Å². The van der Waals surface area contributed by atoms with Gasteiger partial charge in [0.15, 0.2) is 5.78 Å². The minimum atomic E-state index is -0.302. The first-order valence-electron chi connectivity index (χ1n) is 6.46. The molecule has 0 N–H and O–H groups in total. The van der Waals surface area contributed by atoms with E-state index in [4.69, 9.17) is 0 Å². The number of ketones is 1. The van der Waals surface area contributed by atoms with Crippen LogP contribution in [0.15, 0.2) is 12.1 Å². The molecular formula is C15H20FNO. The summed E-state index contributed by atoms with van der Waals surface area (Å²) in [7, 11) is 0. The van der Waals surface area contributed by atoms with Crippen molar-refractivity contribution < 1.29 is 9.18 Å². The highest BCUT2D eigenvalue weighted by molar-refractivity contribution is 6.00. The molecule has 1 aromatic rings. The van der Waals surface area contributed by atoms with Crippen molar-refractivity contribution in [3.63, 3.8) is 0 Å². The van der Waals surface area contributed by atoms with Gasteiger partial charge in [0.1, 0.15) is 5.82 Å². The molecule has 18 heavy (non-hydrogen) atoms. The summed E-state index contributed by atoms with van der Waals surface area (Å²) in [5, 5.41) is 0. The maximum absolute atomic E-state index is 13.6. The molecule has 2 rings (SSSR count). The molecule has 1 fully saturated rings. The normalized spacial score (nSPS) is 23.5. The lowest BCUT2D eigenvalue weighted by Crippen LogP contribution is -2.22. The quantitative estimate of drug-likeness (QED) is 0.748. The lowest BCUT2D eigenvalue weighted by Gasteiger charge is -2.22. The molecule has 0 spiro atoms. The van der Waals surface area contributed by atoms with Gasteiger partial charge in [0.2, 0.25) is 0 Å². The molecule has 2 unspecified atom stereocenters. The standard InChI is InChI=1S/C15H20FNO/c1-9-5-15(13(12(4)18)6-14(9)16)17-7-10(2)11(3)8-17/h5-6,10-11H,7-8H2,1-4H3. The largest absolute Gasteiger partial charge is 0.370 e. The van der Waals surface area contributed by atoms with Crippen LogP contribution in [-0.4, -0.2) is 18.9 Å². The van der Waals surface area contributed by atoms with Gasteiger partial charge in [0.25, 0.3) is 0 Å². The van der Waals surface area contributed by atoms with Crippen molar-refractivity contribution in [2.24, 2.45) is 11.8 Å². The van der Waals surface area contributed by atoms with Gasteiger partial charge in [-0.15, -0.1) is 0 Å². The number of nitrogens with zero attached hydrogens (tertiary/aromatic N) is 1. The summed E-state index contributed by atoms with van der Waals surface area (Å²) in [5.74, 6) is 0.839. The van der Waals surface area contributed by atoms with E-state index < -0.39 is 0 Å². The van der Waals surface area contributed by atoms with E-state index in [1.807, 2.05) is 0 Å². The van der Waals surface area contributed by atoms with Crippen LogP contribution in [0.2, 0.25) is 0 Å². The average molecular weight is 249 g/mol. The number of Topliss-reactive ketones (excluding diaryl/α,β-unsaturated/α-hetero) is 1. The molecule has 2 atom stereocenters. The highest BCUT2D eigenvalue weighted by Crippen LogP contribution is 2.32. The molecule has 98 valence electrons. The fourth-order valence-corrected chi connectivity index (χ4v) is 2.54. The molecule has 0 amide bonds. The van der Waals surface area contributed by atoms with Crippen molar-refractivity contribution >= 4 is 11.5 Å². The molecular weight excluding hydrogens is 229 g/mol. The first kappa shape index (κ1) is 13.1. The molecule has 2 nitrogen and oxygen atoms in total. The second kappa shape index (κ2) is 4.71. The smallest absolute Gasteiger partial charge is 0.161 e. The van der Waals surface area contributed by atoms with Crippen LogP contribution in [0, 0.1) is 24.6 Å². The third-order valence-electron chi connectivity index (χ3n) is 3.99. The highest BCUT2D eigenvalue weighted by Gasteiger charge is 2.28. The third-order valence-corrected chi connectivity index (χ3v) is 3.99. The number of aryl methyl sites for hydroxylation is 1. The van der Waals surface area contributed by atoms with E-state index in [0.29, 0.717) is 23.0 Å². The number of hydrogen-bond acceptors (Lipinski definition) is 2. The highest BCUT2D eigenvalue weighted by atomic mass is 19.1. The van der Waals surface area contributed by atoms with Gasteiger partial charge in [-0.05, 0) is 43.4 Å². The fourth-order valence-electron chi connectivity index (χ4n) is 2.54. The van der Waals surface area contributed by atoms with E-state index >= 15 is 0 Å². The first-order chi connectivity index (χ1) is 8.40. The summed E-state index contributed by atoms with van der Waals surface area (Å²) < 4.78 is 13.6. The van der Waals surface area contributed by atoms with Crippen molar-refractivity contribution in [2.45, 2.75) is 27.7 Å². The Labute approximate surface area is 108 Å². The number of halogens is 1. The maximum Gasteiger partial charge on any atom is 0.161 e. The van der Waals surface area contributed by atoms with Gasteiger partial charge >= 0.3 is 0 Å². The topological polar surface area (TPSA) is 20.3 Å². The van der Waals surface area contributed by atoms with E-state index in [2.05, 4.69) is 18.7 Å². The Morgan fingerprint density at radius 1 is 1.28 bits per heavy atom. The van der Waals surface area contributed by atoms with Gasteiger partial charge in [-0.2, -0.15) is 0 Å². The summed E-state index contributed by atoms with van der Waals surface area (Å²) >= 11 is 0. The second-order valence-electron chi connectivity index (χ2n) is 5.53. The van der Waals surface area contributed by atoms with E-state index in [0.717, 1.165) is 18.8 Å². The minimum Gasteiger partial charge on any atom is -0.370 e. The van der Waals surface area contributed by atoms with Crippen LogP contribution in [0.5, 0.6) is 0 Å². The van der Waals surface area contributed by atoms with Crippen LogP contribution in [0.25, 0.3) is 0 Å². The Morgan fingerprint density at radius 2 is 1.83 bits per heavy atom. The minimum absolute atomic E-state index is 0.0730. The molecule has 0 bridgehead atoms. The van der Waals surface area contributed by atoms with E-state index in [9.17, 15) is 9.18 Å². The lowest BCUT2D eigenvalue weighted by molar-refractivity contribution is 0.101. The van der Waals surface area contributed by atoms with Crippen LogP contribution in [0.1, 0.15) is 36.7 Å². The molecule has 1 aliphatic heterocycles. The van der Waals surface area contributed by atoms with Crippen LogP contribution >= 0.6 is 0 Å². The van der Waals surface area contributed by atoms with Crippen molar-refractivity contribution in [1.29, 1.82) is 0 Å². The molecule has 0 saturated carbocycles. The molecule has 0 aliphatic carbocycles. The van der Waals surface area contributed by atoms with Crippen molar-refractivity contribution in [3.8, 4) is 0 Å². The molecule has 0 radical (unpaired) electrons. The summed E-state index contributed by atoms with van der Waals surface area (Å²) in [4.78, 5) is 13.9. The Morgan fingerprint density at radius 3 is 2.33 bits per heavy atom. The number of anilines is 1. The number of hydrogen-bond donors (Lipinski definition) is 0. The number of rotatable bonds is 2. The predicted molar refractivity (Wildman–Crippen MR) is 71.7 cm³/mol. The zero-order valence-electron chi connectivity index (χ0n) is 11.5. The average Bonchev–Trinajstić information content (AvgIpc) is 2.62. The number of benzene rings is 1. The SMILES string of the molecule is CC(=O)c1cc(F)c(C)cc1N1CC(C)C(C)C1. The predicted octanol–water partition coefficient (Wildman–Crippen LogP) is 3.43. The summed E-state index contributed by atoms with van der Waals surface area (Å²) in [6.45, 7) is 9.55. The number of carbonyl (C=O) groups excluding carboxylic acids is 1. The van der Waals surface area contributed by atoms with Crippen LogP contribution in [0.3, 0.4) is 0 Å². The van der Waals surface area contributed by atoms with Crippen LogP contribution < -0.4 is 4.90 Å². The van der Waals surface area contributed by atoms with Gasteiger partial charge < -0.3 is 4.90 Å². The van der Waals surface area contributed by atoms with E-state index in [1.54, 1.807) is 13.0 Å². The zero-order chi connectivity index (χ0) is 13.4. The molecule has 1 saturated heterocycles. The molecule has 0 aromatic heterocycles. The maximum atomic E-state index is 13.6. The van der Waals surface area contributed by atoms with Gasteiger partial charge in [-0.1, -0.05) is 13.8 Å². The fraction of sp³-hybridized carbons (Fsp3) is 0.533. The molecule has 3 heteroatoms. The first-order valence-corrected chi connectivity index (χ1v) is 6.46. The van der Waals surface area contributed by atoms with Gasteiger partial charge in [0.05, 0.1) is 0 Å². The number of carbonyl (C=O) groups is 1. The van der Waals surface area contributed by atoms with Gasteiger partial charge in [-0.25, -0.2) is 4.39 Å². The Bertz CT molecular complexity index is 474. The summed E-state index contributed by atoms with van der Waals surface area (Å²) in [6.07, 6.45) is 0. The molecule has 1 aromatic carbocycles. The Balaban J connectivity index is 2.43. The lowest BCUT2D eigenvalue weighted by atomic mass is 10.0. The van der Waals surface area contributed by atoms with Crippen LogP contribution in [0.4, 0.5) is 10.1 Å². The van der Waals surface area contributed by atoms with Crippen LogP contribution in [-0.2, 0) is 0 Å². The Kier molecular flexibility index (Phi) is 3.42. The van der Waals surface area contributed by atoms with Crippen molar-refractivity contribution in [3.05, 3.63) is 29.1 Å². The zero-order valence-corrected chi connectivity index (χ0v) is 11.5. The molecule has 1 heterocycles. The van der Waals surface area contributed by atoms with Gasteiger partial charge in [0, 0.05) is 24.3 Å². The second-order valence-corrected chi connectivity index (χ2v) is 5.53. The third kappa shape index (κ3) is 2.26. The summed E-state index contributed by atoms with van der Waals surface area (Å²) in [6, 6.07) is 3.18. The van der Waals surface area contributed by atoms with E-state index in [-0.39, 0.29) is 11.6 Å².